The summed E-state index contributed by atoms with van der Waals surface area (Å²) in [5.74, 6) is 0. The maximum absolute atomic E-state index is 5.47. The number of rotatable bonds is 0. The van der Waals surface area contributed by atoms with Gasteiger partial charge in [-0.05, 0) is 24.5 Å². The SMILES string of the molecule is C1=Cc2c(ccc3ccoc23)CC1. The Hall–Kier alpha value is -1.50. The molecule has 1 heterocycles. The number of benzene rings is 1. The summed E-state index contributed by atoms with van der Waals surface area (Å²) in [7, 11) is 0. The molecule has 3 rings (SSSR count). The summed E-state index contributed by atoms with van der Waals surface area (Å²) in [5.41, 5.74) is 3.71. The zero-order valence-electron chi connectivity index (χ0n) is 7.29. The number of aryl methyl sites for hydroxylation is 1. The fraction of sp³-hybridized carbons (Fsp3) is 0.167. The van der Waals surface area contributed by atoms with Gasteiger partial charge in [0.2, 0.25) is 0 Å². The molecule has 64 valence electrons. The van der Waals surface area contributed by atoms with E-state index in [1.54, 1.807) is 6.26 Å². The molecule has 1 heteroatoms. The van der Waals surface area contributed by atoms with Crippen molar-refractivity contribution in [2.24, 2.45) is 0 Å². The molecule has 0 spiro atoms. The lowest BCUT2D eigenvalue weighted by atomic mass is 9.96. The molecule has 0 unspecified atom stereocenters. The highest BCUT2D eigenvalue weighted by molar-refractivity contribution is 5.87. The number of furan rings is 1. The second-order valence-electron chi connectivity index (χ2n) is 3.42. The molecule has 0 saturated carbocycles. The van der Waals surface area contributed by atoms with Gasteiger partial charge >= 0.3 is 0 Å². The lowest BCUT2D eigenvalue weighted by Gasteiger charge is -2.09. The molecular formula is C12H10O. The highest BCUT2D eigenvalue weighted by Gasteiger charge is 2.09. The van der Waals surface area contributed by atoms with Crippen LogP contribution in [0.15, 0.2) is 35.0 Å². The van der Waals surface area contributed by atoms with Gasteiger partial charge in [0.1, 0.15) is 5.58 Å². The van der Waals surface area contributed by atoms with E-state index in [0.29, 0.717) is 0 Å². The Morgan fingerprint density at radius 1 is 1.15 bits per heavy atom. The van der Waals surface area contributed by atoms with Crippen LogP contribution in [-0.4, -0.2) is 0 Å². The lowest BCUT2D eigenvalue weighted by molar-refractivity contribution is 0.614. The first kappa shape index (κ1) is 6.96. The van der Waals surface area contributed by atoms with Crippen molar-refractivity contribution in [1.29, 1.82) is 0 Å². The van der Waals surface area contributed by atoms with E-state index in [1.807, 2.05) is 6.07 Å². The van der Waals surface area contributed by atoms with Crippen molar-refractivity contribution in [3.63, 3.8) is 0 Å². The van der Waals surface area contributed by atoms with Crippen LogP contribution in [0, 0.1) is 0 Å². The summed E-state index contributed by atoms with van der Waals surface area (Å²) in [5, 5.41) is 1.20. The van der Waals surface area contributed by atoms with Gasteiger partial charge in [0, 0.05) is 10.9 Å². The fourth-order valence-corrected chi connectivity index (χ4v) is 1.94. The Bertz CT molecular complexity index is 477. The largest absolute Gasteiger partial charge is 0.464 e. The summed E-state index contributed by atoms with van der Waals surface area (Å²) in [6.45, 7) is 0. The average Bonchev–Trinajstić information content (AvgIpc) is 2.65. The highest BCUT2D eigenvalue weighted by atomic mass is 16.3. The van der Waals surface area contributed by atoms with Crippen molar-refractivity contribution >= 4 is 17.0 Å². The van der Waals surface area contributed by atoms with Crippen molar-refractivity contribution in [1.82, 2.24) is 0 Å². The zero-order valence-corrected chi connectivity index (χ0v) is 7.29. The maximum Gasteiger partial charge on any atom is 0.141 e. The van der Waals surface area contributed by atoms with E-state index >= 15 is 0 Å². The van der Waals surface area contributed by atoms with Crippen LogP contribution in [-0.2, 0) is 6.42 Å². The first-order chi connectivity index (χ1) is 6.45. The average molecular weight is 170 g/mol. The van der Waals surface area contributed by atoms with Crippen molar-refractivity contribution in [3.05, 3.63) is 41.7 Å². The molecule has 1 aromatic carbocycles. The van der Waals surface area contributed by atoms with Gasteiger partial charge in [0.05, 0.1) is 6.26 Å². The maximum atomic E-state index is 5.47. The fourth-order valence-electron chi connectivity index (χ4n) is 1.94. The van der Waals surface area contributed by atoms with Crippen LogP contribution >= 0.6 is 0 Å². The van der Waals surface area contributed by atoms with Gasteiger partial charge in [-0.3, -0.25) is 0 Å². The molecule has 0 radical (unpaired) electrons. The third kappa shape index (κ3) is 0.934. The second kappa shape index (κ2) is 2.49. The molecule has 0 fully saturated rings. The van der Waals surface area contributed by atoms with Crippen molar-refractivity contribution in [2.45, 2.75) is 12.8 Å². The van der Waals surface area contributed by atoms with E-state index < -0.39 is 0 Å². The molecule has 0 atom stereocenters. The quantitative estimate of drug-likeness (QED) is 0.590. The van der Waals surface area contributed by atoms with Gasteiger partial charge in [-0.15, -0.1) is 0 Å². The second-order valence-corrected chi connectivity index (χ2v) is 3.42. The van der Waals surface area contributed by atoms with Crippen molar-refractivity contribution < 1.29 is 4.42 Å². The molecule has 1 aromatic heterocycles. The van der Waals surface area contributed by atoms with Crippen molar-refractivity contribution in [2.75, 3.05) is 0 Å². The number of hydrogen-bond donors (Lipinski definition) is 0. The highest BCUT2D eigenvalue weighted by Crippen LogP contribution is 2.28. The minimum atomic E-state index is 1.04. The number of hydrogen-bond acceptors (Lipinski definition) is 1. The minimum absolute atomic E-state index is 1.04. The van der Waals surface area contributed by atoms with Crippen LogP contribution in [0.3, 0.4) is 0 Å². The molecule has 0 amide bonds. The van der Waals surface area contributed by atoms with E-state index in [9.17, 15) is 0 Å². The van der Waals surface area contributed by atoms with Crippen LogP contribution in [0.2, 0.25) is 0 Å². The van der Waals surface area contributed by atoms with Gasteiger partial charge in [-0.2, -0.15) is 0 Å². The predicted molar refractivity (Wildman–Crippen MR) is 53.6 cm³/mol. The van der Waals surface area contributed by atoms with Crippen LogP contribution in [0.25, 0.3) is 17.0 Å². The normalized spacial score (nSPS) is 14.8. The third-order valence-electron chi connectivity index (χ3n) is 2.62. The van der Waals surface area contributed by atoms with Gasteiger partial charge in [0.25, 0.3) is 0 Å². The van der Waals surface area contributed by atoms with Crippen molar-refractivity contribution in [3.8, 4) is 0 Å². The molecule has 0 saturated heterocycles. The lowest BCUT2D eigenvalue weighted by Crippen LogP contribution is -1.93. The summed E-state index contributed by atoms with van der Waals surface area (Å²) in [6, 6.07) is 6.35. The summed E-state index contributed by atoms with van der Waals surface area (Å²) in [6.07, 6.45) is 8.43. The summed E-state index contributed by atoms with van der Waals surface area (Å²) in [4.78, 5) is 0. The molecule has 0 aliphatic heterocycles. The van der Waals surface area contributed by atoms with E-state index in [0.717, 1.165) is 18.4 Å². The Morgan fingerprint density at radius 2 is 2.15 bits per heavy atom. The third-order valence-corrected chi connectivity index (χ3v) is 2.62. The molecule has 0 bridgehead atoms. The Balaban J connectivity index is 2.43. The smallest absolute Gasteiger partial charge is 0.141 e. The van der Waals surface area contributed by atoms with Gasteiger partial charge < -0.3 is 4.42 Å². The standard InChI is InChI=1S/C12H10O/c1-2-4-11-9(3-1)5-6-10-7-8-13-12(10)11/h2,4-8H,1,3H2. The van der Waals surface area contributed by atoms with Crippen LogP contribution in [0.1, 0.15) is 17.5 Å². The van der Waals surface area contributed by atoms with E-state index in [2.05, 4.69) is 24.3 Å². The molecule has 1 aliphatic carbocycles. The van der Waals surface area contributed by atoms with Gasteiger partial charge in [0.15, 0.2) is 0 Å². The molecule has 0 N–H and O–H groups in total. The zero-order chi connectivity index (χ0) is 8.67. The first-order valence-corrected chi connectivity index (χ1v) is 4.61. The monoisotopic (exact) mass is 170 g/mol. The molecule has 1 nitrogen and oxygen atoms in total. The van der Waals surface area contributed by atoms with Crippen LogP contribution < -0.4 is 0 Å². The molecular weight excluding hydrogens is 160 g/mol. The van der Waals surface area contributed by atoms with E-state index in [4.69, 9.17) is 4.42 Å². The topological polar surface area (TPSA) is 13.1 Å². The summed E-state index contributed by atoms with van der Waals surface area (Å²) < 4.78 is 5.47. The Labute approximate surface area is 76.7 Å². The van der Waals surface area contributed by atoms with Crippen LogP contribution in [0.4, 0.5) is 0 Å². The van der Waals surface area contributed by atoms with Gasteiger partial charge in [-0.25, -0.2) is 0 Å². The van der Waals surface area contributed by atoms with E-state index in [-0.39, 0.29) is 0 Å². The van der Waals surface area contributed by atoms with E-state index in [1.165, 1.54) is 16.5 Å². The minimum Gasteiger partial charge on any atom is -0.464 e. The number of fused-ring (bicyclic) bond motifs is 3. The molecule has 13 heavy (non-hydrogen) atoms. The Kier molecular flexibility index (Phi) is 1.33. The Morgan fingerprint density at radius 3 is 3.15 bits per heavy atom. The summed E-state index contributed by atoms with van der Waals surface area (Å²) >= 11 is 0. The predicted octanol–water partition coefficient (Wildman–Crippen LogP) is 3.39. The number of allylic oxidation sites excluding steroid dienone is 1. The molecule has 2 aromatic rings. The molecule has 1 aliphatic rings. The first-order valence-electron chi connectivity index (χ1n) is 4.61. The van der Waals surface area contributed by atoms with Crippen LogP contribution in [0.5, 0.6) is 0 Å². The van der Waals surface area contributed by atoms with Gasteiger partial charge in [-0.1, -0.05) is 24.3 Å².